The second kappa shape index (κ2) is 4.47. The minimum atomic E-state index is -0.929. The molecule has 16 heavy (non-hydrogen) atoms. The number of hydrogen-bond acceptors (Lipinski definition) is 4. The van der Waals surface area contributed by atoms with E-state index in [1.807, 2.05) is 12.3 Å². The van der Waals surface area contributed by atoms with Crippen molar-refractivity contribution in [2.45, 2.75) is 18.3 Å². The van der Waals surface area contributed by atoms with Crippen LogP contribution >= 0.6 is 23.1 Å². The minimum Gasteiger partial charge on any atom is -0.480 e. The van der Waals surface area contributed by atoms with E-state index in [9.17, 15) is 9.59 Å². The van der Waals surface area contributed by atoms with Crippen LogP contribution in [-0.2, 0) is 4.79 Å². The third-order valence-electron chi connectivity index (χ3n) is 2.47. The van der Waals surface area contributed by atoms with Crippen molar-refractivity contribution in [2.75, 3.05) is 5.75 Å². The summed E-state index contributed by atoms with van der Waals surface area (Å²) in [5, 5.41) is 10.8. The Morgan fingerprint density at radius 2 is 2.31 bits per heavy atom. The van der Waals surface area contributed by atoms with Crippen molar-refractivity contribution in [1.29, 1.82) is 0 Å². The quantitative estimate of drug-likeness (QED) is 0.876. The molecule has 1 aromatic heterocycles. The SMILES string of the molecule is CC1SCC(C(=O)O)N1C(=O)c1cccs1. The molecule has 0 bridgehead atoms. The highest BCUT2D eigenvalue weighted by Gasteiger charge is 2.39. The van der Waals surface area contributed by atoms with E-state index in [1.54, 1.807) is 12.1 Å². The van der Waals surface area contributed by atoms with Gasteiger partial charge in [0.15, 0.2) is 0 Å². The van der Waals surface area contributed by atoms with Gasteiger partial charge < -0.3 is 10.0 Å². The number of thiophene rings is 1. The average molecular weight is 257 g/mol. The third kappa shape index (κ3) is 1.94. The maximum Gasteiger partial charge on any atom is 0.327 e. The van der Waals surface area contributed by atoms with Gasteiger partial charge in [0.1, 0.15) is 6.04 Å². The molecular weight excluding hydrogens is 246 g/mol. The highest BCUT2D eigenvalue weighted by atomic mass is 32.2. The van der Waals surface area contributed by atoms with Crippen LogP contribution in [0.5, 0.6) is 0 Å². The van der Waals surface area contributed by atoms with Gasteiger partial charge in [-0.25, -0.2) is 4.79 Å². The Hall–Kier alpha value is -1.01. The van der Waals surface area contributed by atoms with Crippen LogP contribution in [0.3, 0.4) is 0 Å². The Kier molecular flexibility index (Phi) is 3.20. The molecule has 0 radical (unpaired) electrons. The van der Waals surface area contributed by atoms with E-state index in [1.165, 1.54) is 28.0 Å². The zero-order valence-electron chi connectivity index (χ0n) is 8.62. The molecule has 0 aromatic carbocycles. The summed E-state index contributed by atoms with van der Waals surface area (Å²) in [7, 11) is 0. The molecule has 1 saturated heterocycles. The fourth-order valence-electron chi connectivity index (χ4n) is 1.67. The third-order valence-corrected chi connectivity index (χ3v) is 4.55. The number of nitrogens with zero attached hydrogens (tertiary/aromatic N) is 1. The van der Waals surface area contributed by atoms with Gasteiger partial charge in [-0.05, 0) is 18.4 Å². The van der Waals surface area contributed by atoms with Gasteiger partial charge in [0, 0.05) is 5.75 Å². The van der Waals surface area contributed by atoms with E-state index < -0.39 is 12.0 Å². The molecule has 4 nitrogen and oxygen atoms in total. The Morgan fingerprint density at radius 1 is 1.56 bits per heavy atom. The zero-order chi connectivity index (χ0) is 11.7. The zero-order valence-corrected chi connectivity index (χ0v) is 10.3. The fraction of sp³-hybridized carbons (Fsp3) is 0.400. The smallest absolute Gasteiger partial charge is 0.327 e. The highest BCUT2D eigenvalue weighted by Crippen LogP contribution is 2.31. The van der Waals surface area contributed by atoms with Crippen molar-refractivity contribution in [3.05, 3.63) is 22.4 Å². The minimum absolute atomic E-state index is 0.0734. The molecule has 2 unspecified atom stereocenters. The van der Waals surface area contributed by atoms with Gasteiger partial charge in [-0.3, -0.25) is 4.79 Å². The summed E-state index contributed by atoms with van der Waals surface area (Å²) in [4.78, 5) is 25.2. The van der Waals surface area contributed by atoms with Crippen molar-refractivity contribution in [3.8, 4) is 0 Å². The lowest BCUT2D eigenvalue weighted by Crippen LogP contribution is -2.44. The molecule has 86 valence electrons. The van der Waals surface area contributed by atoms with Gasteiger partial charge in [-0.2, -0.15) is 0 Å². The van der Waals surface area contributed by atoms with Crippen LogP contribution in [0.4, 0.5) is 0 Å². The number of aliphatic carboxylic acids is 1. The Labute approximate surface area is 101 Å². The predicted molar refractivity (Wildman–Crippen MR) is 63.8 cm³/mol. The first-order chi connectivity index (χ1) is 7.61. The van der Waals surface area contributed by atoms with Crippen LogP contribution in [0.1, 0.15) is 16.6 Å². The van der Waals surface area contributed by atoms with Crippen LogP contribution in [0.15, 0.2) is 17.5 Å². The van der Waals surface area contributed by atoms with Crippen molar-refractivity contribution in [3.63, 3.8) is 0 Å². The lowest BCUT2D eigenvalue weighted by Gasteiger charge is -2.24. The normalized spacial score (nSPS) is 24.7. The van der Waals surface area contributed by atoms with E-state index in [4.69, 9.17) is 5.11 Å². The summed E-state index contributed by atoms with van der Waals surface area (Å²) in [6, 6.07) is 2.82. The summed E-state index contributed by atoms with van der Waals surface area (Å²) in [6.07, 6.45) is 0. The van der Waals surface area contributed by atoms with E-state index in [0.717, 1.165) is 0 Å². The van der Waals surface area contributed by atoms with Gasteiger partial charge in [0.2, 0.25) is 0 Å². The molecule has 0 spiro atoms. The van der Waals surface area contributed by atoms with Crippen LogP contribution in [-0.4, -0.2) is 39.1 Å². The number of rotatable bonds is 2. The molecule has 6 heteroatoms. The molecule has 2 atom stereocenters. The van der Waals surface area contributed by atoms with Crippen molar-refractivity contribution >= 4 is 35.0 Å². The molecule has 1 aliphatic heterocycles. The highest BCUT2D eigenvalue weighted by molar-refractivity contribution is 8.00. The second-order valence-electron chi connectivity index (χ2n) is 3.48. The fourth-order valence-corrected chi connectivity index (χ4v) is 3.50. The molecule has 1 amide bonds. The molecule has 0 saturated carbocycles. The van der Waals surface area contributed by atoms with Crippen molar-refractivity contribution in [2.24, 2.45) is 0 Å². The summed E-state index contributed by atoms with van der Waals surface area (Å²) in [5.74, 6) is -0.644. The molecule has 2 heterocycles. The topological polar surface area (TPSA) is 57.6 Å². The molecule has 1 N–H and O–H groups in total. The molecular formula is C10H11NO3S2. The Balaban J connectivity index is 2.24. The standard InChI is InChI=1S/C10H11NO3S2/c1-6-11(7(5-16-6)10(13)14)9(12)8-3-2-4-15-8/h2-4,6-7H,5H2,1H3,(H,13,14). The van der Waals surface area contributed by atoms with E-state index in [0.29, 0.717) is 10.6 Å². The van der Waals surface area contributed by atoms with Gasteiger partial charge in [0.05, 0.1) is 10.3 Å². The summed E-state index contributed by atoms with van der Waals surface area (Å²) >= 11 is 2.84. The molecule has 1 aliphatic rings. The largest absolute Gasteiger partial charge is 0.480 e. The Bertz CT molecular complexity index is 404. The number of hydrogen-bond donors (Lipinski definition) is 1. The van der Waals surface area contributed by atoms with Crippen LogP contribution in [0.25, 0.3) is 0 Å². The number of carbonyl (C=O) groups excluding carboxylic acids is 1. The molecule has 1 fully saturated rings. The van der Waals surface area contributed by atoms with Gasteiger partial charge in [-0.15, -0.1) is 23.1 Å². The summed E-state index contributed by atoms with van der Waals surface area (Å²) < 4.78 is 0. The van der Waals surface area contributed by atoms with E-state index in [2.05, 4.69) is 0 Å². The van der Waals surface area contributed by atoms with E-state index >= 15 is 0 Å². The van der Waals surface area contributed by atoms with Crippen LogP contribution in [0.2, 0.25) is 0 Å². The number of carboxylic acid groups (broad SMARTS) is 1. The lowest BCUT2D eigenvalue weighted by molar-refractivity contribution is -0.141. The summed E-state index contributed by atoms with van der Waals surface area (Å²) in [6.45, 7) is 1.86. The monoisotopic (exact) mass is 257 g/mol. The maximum absolute atomic E-state index is 12.1. The number of carbonyl (C=O) groups is 2. The molecule has 0 aliphatic carbocycles. The van der Waals surface area contributed by atoms with Gasteiger partial charge >= 0.3 is 5.97 Å². The lowest BCUT2D eigenvalue weighted by atomic mass is 10.2. The van der Waals surface area contributed by atoms with Crippen LogP contribution < -0.4 is 0 Å². The predicted octanol–water partition coefficient (Wildman–Crippen LogP) is 1.74. The van der Waals surface area contributed by atoms with Gasteiger partial charge in [-0.1, -0.05) is 6.07 Å². The first kappa shape index (κ1) is 11.5. The first-order valence-corrected chi connectivity index (χ1v) is 6.74. The molecule has 1 aromatic rings. The average Bonchev–Trinajstić information content (AvgIpc) is 2.84. The second-order valence-corrected chi connectivity index (χ2v) is 5.77. The first-order valence-electron chi connectivity index (χ1n) is 4.82. The van der Waals surface area contributed by atoms with Gasteiger partial charge in [0.25, 0.3) is 5.91 Å². The van der Waals surface area contributed by atoms with E-state index in [-0.39, 0.29) is 11.3 Å². The number of thioether (sulfide) groups is 1. The summed E-state index contributed by atoms with van der Waals surface area (Å²) in [5.41, 5.74) is 0. The van der Waals surface area contributed by atoms with Crippen molar-refractivity contribution < 1.29 is 14.7 Å². The maximum atomic E-state index is 12.1. The Morgan fingerprint density at radius 3 is 2.88 bits per heavy atom. The van der Waals surface area contributed by atoms with Crippen molar-refractivity contribution in [1.82, 2.24) is 4.90 Å². The number of carboxylic acids is 1. The van der Waals surface area contributed by atoms with Crippen LogP contribution in [0, 0.1) is 0 Å². The number of amides is 1. The molecule has 2 rings (SSSR count).